The van der Waals surface area contributed by atoms with Crippen molar-refractivity contribution >= 4 is 23.1 Å². The van der Waals surface area contributed by atoms with Gasteiger partial charge in [0.2, 0.25) is 0 Å². The number of amides is 1. The van der Waals surface area contributed by atoms with Gasteiger partial charge in [0.05, 0.1) is 17.9 Å². The summed E-state index contributed by atoms with van der Waals surface area (Å²) in [6.07, 6.45) is 3.21. The molecule has 7 heteroatoms. The van der Waals surface area contributed by atoms with Gasteiger partial charge >= 0.3 is 0 Å². The highest BCUT2D eigenvalue weighted by Gasteiger charge is 2.10. The Labute approximate surface area is 200 Å². The Bertz CT molecular complexity index is 1630. The van der Waals surface area contributed by atoms with Crippen LogP contribution in [0, 0.1) is 6.92 Å². The van der Waals surface area contributed by atoms with Crippen molar-refractivity contribution in [1.82, 2.24) is 5.43 Å². The molecular formula is C28H20N2O5. The van der Waals surface area contributed by atoms with Gasteiger partial charge in [-0.2, -0.15) is 5.10 Å². The lowest BCUT2D eigenvalue weighted by atomic mass is 10.1. The third-order valence-corrected chi connectivity index (χ3v) is 5.53. The number of aromatic hydroxyl groups is 1. The van der Waals surface area contributed by atoms with Crippen LogP contribution in [0.4, 0.5) is 0 Å². The zero-order valence-corrected chi connectivity index (χ0v) is 18.7. The molecule has 0 spiro atoms. The molecule has 7 nitrogen and oxygen atoms in total. The fourth-order valence-electron chi connectivity index (χ4n) is 3.73. The summed E-state index contributed by atoms with van der Waals surface area (Å²) in [7, 11) is 0. The number of hydrogen-bond acceptors (Lipinski definition) is 6. The van der Waals surface area contributed by atoms with Crippen LogP contribution >= 0.6 is 0 Å². The summed E-state index contributed by atoms with van der Waals surface area (Å²) >= 11 is 0. The molecule has 2 N–H and O–H groups in total. The van der Waals surface area contributed by atoms with E-state index in [9.17, 15) is 14.7 Å². The van der Waals surface area contributed by atoms with Crippen molar-refractivity contribution in [2.24, 2.45) is 5.10 Å². The second-order valence-electron chi connectivity index (χ2n) is 7.99. The van der Waals surface area contributed by atoms with E-state index in [1.807, 2.05) is 37.3 Å². The first-order valence-electron chi connectivity index (χ1n) is 10.8. The molecule has 5 aromatic rings. The van der Waals surface area contributed by atoms with Crippen molar-refractivity contribution in [3.8, 4) is 28.4 Å². The molecule has 0 aliphatic heterocycles. The molecule has 5 rings (SSSR count). The second kappa shape index (κ2) is 9.15. The number of carbonyl (C=O) groups excluding carboxylic acids is 1. The Morgan fingerprint density at radius 3 is 2.57 bits per heavy atom. The maximum Gasteiger partial charge on any atom is 0.271 e. The molecule has 0 saturated heterocycles. The van der Waals surface area contributed by atoms with E-state index in [-0.39, 0.29) is 17.1 Å². The number of nitrogens with one attached hydrogen (secondary N) is 1. The fourth-order valence-corrected chi connectivity index (χ4v) is 3.73. The maximum absolute atomic E-state index is 12.5. The molecule has 0 fully saturated rings. The fraction of sp³-hybridized carbons (Fsp3) is 0.0357. The predicted molar refractivity (Wildman–Crippen MR) is 134 cm³/mol. The standard InChI is InChI=1S/C28H20N2O5/c1-17-11-12-34-27(17)21-4-2-3-18(13-21)16-29-30-28(33)20-7-5-19(6-8-20)26-15-24(32)23-14-22(31)9-10-25(23)35-26/h2-16,31H,1H3,(H,30,33)/b29-16+. The van der Waals surface area contributed by atoms with E-state index in [4.69, 9.17) is 8.83 Å². The molecule has 0 bridgehead atoms. The van der Waals surface area contributed by atoms with Crippen LogP contribution in [0.15, 0.2) is 104 Å². The van der Waals surface area contributed by atoms with Crippen LogP contribution in [0.25, 0.3) is 33.6 Å². The monoisotopic (exact) mass is 464 g/mol. The molecule has 0 saturated carbocycles. The van der Waals surface area contributed by atoms with E-state index in [1.54, 1.807) is 42.8 Å². The number of rotatable bonds is 5. The lowest BCUT2D eigenvalue weighted by Gasteiger charge is -2.05. The smallest absolute Gasteiger partial charge is 0.271 e. The zero-order chi connectivity index (χ0) is 24.4. The number of benzene rings is 3. The average Bonchev–Trinajstić information content (AvgIpc) is 3.30. The van der Waals surface area contributed by atoms with Crippen LogP contribution in [0.5, 0.6) is 5.75 Å². The largest absolute Gasteiger partial charge is 0.508 e. The van der Waals surface area contributed by atoms with Crippen LogP contribution in [-0.2, 0) is 0 Å². The van der Waals surface area contributed by atoms with Gasteiger partial charge in [-0.25, -0.2) is 5.43 Å². The molecule has 2 aromatic heterocycles. The summed E-state index contributed by atoms with van der Waals surface area (Å²) in [5.41, 5.74) is 6.45. The number of nitrogens with zero attached hydrogens (tertiary/aromatic N) is 1. The highest BCUT2D eigenvalue weighted by molar-refractivity contribution is 5.95. The van der Waals surface area contributed by atoms with Crippen molar-refractivity contribution in [1.29, 1.82) is 0 Å². The molecule has 0 unspecified atom stereocenters. The number of furan rings is 1. The minimum absolute atomic E-state index is 0.00380. The Morgan fingerprint density at radius 2 is 1.80 bits per heavy atom. The quantitative estimate of drug-likeness (QED) is 0.264. The van der Waals surface area contributed by atoms with Crippen LogP contribution in [0.2, 0.25) is 0 Å². The maximum atomic E-state index is 12.5. The van der Waals surface area contributed by atoms with Crippen LogP contribution in [0.1, 0.15) is 21.5 Å². The molecule has 0 atom stereocenters. The van der Waals surface area contributed by atoms with Gasteiger partial charge in [-0.3, -0.25) is 9.59 Å². The highest BCUT2D eigenvalue weighted by Crippen LogP contribution is 2.25. The van der Waals surface area contributed by atoms with Gasteiger partial charge in [0, 0.05) is 22.8 Å². The first-order valence-corrected chi connectivity index (χ1v) is 10.8. The molecule has 172 valence electrons. The molecule has 0 aliphatic rings. The molecule has 3 aromatic carbocycles. The Morgan fingerprint density at radius 1 is 0.971 bits per heavy atom. The Balaban J connectivity index is 1.29. The molecule has 2 heterocycles. The van der Waals surface area contributed by atoms with Gasteiger partial charge in [-0.15, -0.1) is 0 Å². The van der Waals surface area contributed by atoms with E-state index in [2.05, 4.69) is 10.5 Å². The van der Waals surface area contributed by atoms with Crippen molar-refractivity contribution in [2.75, 3.05) is 0 Å². The number of carbonyl (C=O) groups is 1. The number of hydrazone groups is 1. The summed E-state index contributed by atoms with van der Waals surface area (Å²) in [6.45, 7) is 1.98. The van der Waals surface area contributed by atoms with Crippen LogP contribution in [-0.4, -0.2) is 17.2 Å². The van der Waals surface area contributed by atoms with Crippen molar-refractivity contribution in [2.45, 2.75) is 6.92 Å². The van der Waals surface area contributed by atoms with Crippen molar-refractivity contribution < 1.29 is 18.7 Å². The summed E-state index contributed by atoms with van der Waals surface area (Å²) in [4.78, 5) is 24.9. The van der Waals surface area contributed by atoms with Crippen molar-refractivity contribution in [3.05, 3.63) is 112 Å². The average molecular weight is 464 g/mol. The zero-order valence-electron chi connectivity index (χ0n) is 18.7. The molecule has 1 amide bonds. The first-order chi connectivity index (χ1) is 17.0. The van der Waals surface area contributed by atoms with Crippen molar-refractivity contribution in [3.63, 3.8) is 0 Å². The third kappa shape index (κ3) is 4.60. The number of phenolic OH excluding ortho intramolecular Hbond substituents is 1. The van der Waals surface area contributed by atoms with Gasteiger partial charge in [0.15, 0.2) is 5.43 Å². The van der Waals surface area contributed by atoms with E-state index in [1.165, 1.54) is 18.2 Å². The van der Waals surface area contributed by atoms with Crippen LogP contribution in [0.3, 0.4) is 0 Å². The SMILES string of the molecule is Cc1ccoc1-c1cccc(/C=N/NC(=O)c2ccc(-c3cc(=O)c4cc(O)ccc4o3)cc2)c1. The number of aryl methyl sites for hydroxylation is 1. The number of hydrogen-bond donors (Lipinski definition) is 2. The van der Waals surface area contributed by atoms with E-state index >= 15 is 0 Å². The predicted octanol–water partition coefficient (Wildman–Crippen LogP) is 5.50. The number of fused-ring (bicyclic) bond motifs is 1. The van der Waals surface area contributed by atoms with E-state index < -0.39 is 0 Å². The molecule has 0 radical (unpaired) electrons. The molecular weight excluding hydrogens is 444 g/mol. The van der Waals surface area contributed by atoms with E-state index in [0.29, 0.717) is 27.9 Å². The lowest BCUT2D eigenvalue weighted by Crippen LogP contribution is -2.17. The van der Waals surface area contributed by atoms with Gasteiger partial charge < -0.3 is 13.9 Å². The topological polar surface area (TPSA) is 105 Å². The summed E-state index contributed by atoms with van der Waals surface area (Å²) in [5, 5.41) is 13.9. The minimum Gasteiger partial charge on any atom is -0.508 e. The normalized spacial score (nSPS) is 11.2. The molecule has 0 aliphatic carbocycles. The Kier molecular flexibility index (Phi) is 5.73. The van der Waals surface area contributed by atoms with Gasteiger partial charge in [-0.05, 0) is 60.5 Å². The summed E-state index contributed by atoms with van der Waals surface area (Å²) in [5.74, 6) is 0.784. The molecule has 35 heavy (non-hydrogen) atoms. The third-order valence-electron chi connectivity index (χ3n) is 5.53. The Hall–Kier alpha value is -4.91. The lowest BCUT2D eigenvalue weighted by molar-refractivity contribution is 0.0955. The summed E-state index contributed by atoms with van der Waals surface area (Å²) in [6, 6.07) is 21.9. The van der Waals surface area contributed by atoms with Gasteiger partial charge in [0.1, 0.15) is 22.9 Å². The highest BCUT2D eigenvalue weighted by atomic mass is 16.3. The summed E-state index contributed by atoms with van der Waals surface area (Å²) < 4.78 is 11.3. The van der Waals surface area contributed by atoms with Gasteiger partial charge in [0.25, 0.3) is 5.91 Å². The van der Waals surface area contributed by atoms with Gasteiger partial charge in [-0.1, -0.05) is 30.3 Å². The van der Waals surface area contributed by atoms with Crippen LogP contribution < -0.4 is 10.9 Å². The van der Waals surface area contributed by atoms with E-state index in [0.717, 1.165) is 22.5 Å². The number of phenols is 1. The second-order valence-corrected chi connectivity index (χ2v) is 7.99. The minimum atomic E-state index is -0.374. The first kappa shape index (κ1) is 21.9.